The number of carbonyl (C=O) groups is 4. The SMILES string of the molecule is CN(CCC(=O)NC=O)c1ccc(C(=O)NCCCCNC(=O)CCCCCCCCOc2c(-c3csc(N4CCOCC4)n3)ccc(F)c2F)cc1. The molecule has 0 unspecified atom stereocenters. The van der Waals surface area contributed by atoms with E-state index in [9.17, 15) is 28.0 Å². The van der Waals surface area contributed by atoms with Gasteiger partial charge in [-0.15, -0.1) is 11.3 Å². The Labute approximate surface area is 313 Å². The van der Waals surface area contributed by atoms with Crippen LogP contribution in [0.4, 0.5) is 19.6 Å². The number of hydrogen-bond acceptors (Lipinski definition) is 10. The number of halogens is 2. The lowest BCUT2D eigenvalue weighted by Crippen LogP contribution is -2.36. The number of carbonyl (C=O) groups excluding carboxylic acids is 4. The molecule has 1 aromatic heterocycles. The first-order valence-electron chi connectivity index (χ1n) is 18.2. The van der Waals surface area contributed by atoms with Crippen LogP contribution in [0.15, 0.2) is 41.8 Å². The first kappa shape index (κ1) is 41.1. The maximum atomic E-state index is 14.8. The Morgan fingerprint density at radius 1 is 0.906 bits per heavy atom. The molecular formula is C38H50F2N6O6S. The number of aromatic nitrogens is 1. The molecule has 4 rings (SSSR count). The molecular weight excluding hydrogens is 707 g/mol. The van der Waals surface area contributed by atoms with Gasteiger partial charge in [-0.1, -0.05) is 25.7 Å². The maximum absolute atomic E-state index is 14.8. The van der Waals surface area contributed by atoms with Crippen LogP contribution in [0.5, 0.6) is 5.75 Å². The number of nitrogens with zero attached hydrogens (tertiary/aromatic N) is 3. The van der Waals surface area contributed by atoms with Crippen LogP contribution < -0.4 is 30.5 Å². The van der Waals surface area contributed by atoms with Crippen LogP contribution >= 0.6 is 11.3 Å². The van der Waals surface area contributed by atoms with Crippen molar-refractivity contribution in [1.29, 1.82) is 0 Å². The standard InChI is InChI=1S/C38H50F2N6O6S/c1-45(20-17-34(49)43-27-47)29-13-11-28(12-14-29)37(50)42-19-8-7-18-41-33(48)10-6-4-2-3-5-9-23-52-36-30(15-16-31(39)35(36)40)32-26-53-38(44-32)46-21-24-51-25-22-46/h11-16,26-27H,2-10,17-25H2,1H3,(H,41,48)(H,42,50)(H,43,47,49). The fourth-order valence-electron chi connectivity index (χ4n) is 5.71. The molecule has 0 aliphatic carbocycles. The van der Waals surface area contributed by atoms with E-state index in [1.54, 1.807) is 24.3 Å². The summed E-state index contributed by atoms with van der Waals surface area (Å²) in [6.45, 7) is 4.47. The highest BCUT2D eigenvalue weighted by molar-refractivity contribution is 7.14. The van der Waals surface area contributed by atoms with Crippen molar-refractivity contribution in [2.75, 3.05) is 69.4 Å². The molecule has 0 saturated carbocycles. The zero-order chi connectivity index (χ0) is 37.8. The molecule has 1 saturated heterocycles. The van der Waals surface area contributed by atoms with Crippen molar-refractivity contribution in [3.05, 3.63) is 59.0 Å². The summed E-state index contributed by atoms with van der Waals surface area (Å²) < 4.78 is 40.0. The van der Waals surface area contributed by atoms with Crippen molar-refractivity contribution in [3.8, 4) is 17.0 Å². The van der Waals surface area contributed by atoms with Gasteiger partial charge in [-0.3, -0.25) is 24.5 Å². The molecule has 3 aromatic rings. The van der Waals surface area contributed by atoms with E-state index in [4.69, 9.17) is 9.47 Å². The number of morpholine rings is 1. The normalized spacial score (nSPS) is 12.6. The highest BCUT2D eigenvalue weighted by Crippen LogP contribution is 2.36. The summed E-state index contributed by atoms with van der Waals surface area (Å²) in [5, 5.41) is 10.6. The van der Waals surface area contributed by atoms with Crippen molar-refractivity contribution in [2.24, 2.45) is 0 Å². The first-order valence-corrected chi connectivity index (χ1v) is 19.1. The van der Waals surface area contributed by atoms with E-state index in [2.05, 4.69) is 25.8 Å². The first-order chi connectivity index (χ1) is 25.8. The monoisotopic (exact) mass is 756 g/mol. The van der Waals surface area contributed by atoms with Crippen LogP contribution in [-0.2, 0) is 19.1 Å². The third-order valence-electron chi connectivity index (χ3n) is 8.82. The molecule has 53 heavy (non-hydrogen) atoms. The Kier molecular flexibility index (Phi) is 17.4. The molecule has 0 bridgehead atoms. The van der Waals surface area contributed by atoms with E-state index in [-0.39, 0.29) is 36.5 Å². The Bertz CT molecular complexity index is 1620. The lowest BCUT2D eigenvalue weighted by molar-refractivity contribution is -0.125. The number of unbranched alkanes of at least 4 members (excludes halogenated alkanes) is 6. The summed E-state index contributed by atoms with van der Waals surface area (Å²) in [5.41, 5.74) is 2.37. The predicted octanol–water partition coefficient (Wildman–Crippen LogP) is 5.46. The maximum Gasteiger partial charge on any atom is 0.251 e. The van der Waals surface area contributed by atoms with Crippen LogP contribution in [-0.4, -0.2) is 88.7 Å². The number of hydrogen-bond donors (Lipinski definition) is 3. The Morgan fingerprint density at radius 2 is 1.60 bits per heavy atom. The second-order valence-corrected chi connectivity index (χ2v) is 13.6. The van der Waals surface area contributed by atoms with Gasteiger partial charge >= 0.3 is 0 Å². The molecule has 288 valence electrons. The van der Waals surface area contributed by atoms with Gasteiger partial charge in [0.15, 0.2) is 16.7 Å². The van der Waals surface area contributed by atoms with Crippen molar-refractivity contribution in [3.63, 3.8) is 0 Å². The molecule has 0 spiro atoms. The van der Waals surface area contributed by atoms with Gasteiger partial charge in [0, 0.05) is 74.8 Å². The number of anilines is 2. The van der Waals surface area contributed by atoms with Crippen molar-refractivity contribution >= 4 is 46.3 Å². The van der Waals surface area contributed by atoms with Gasteiger partial charge in [-0.05, 0) is 62.1 Å². The van der Waals surface area contributed by atoms with Gasteiger partial charge in [0.05, 0.1) is 25.5 Å². The summed E-state index contributed by atoms with van der Waals surface area (Å²) in [4.78, 5) is 55.1. The molecule has 2 heterocycles. The molecule has 15 heteroatoms. The highest BCUT2D eigenvalue weighted by atomic mass is 32.1. The molecule has 1 aliphatic rings. The number of nitrogens with one attached hydrogen (secondary N) is 3. The van der Waals surface area contributed by atoms with Crippen LogP contribution in [0.3, 0.4) is 0 Å². The fraction of sp³-hybridized carbons (Fsp3) is 0.500. The van der Waals surface area contributed by atoms with Gasteiger partial charge in [-0.2, -0.15) is 4.39 Å². The number of ether oxygens (including phenoxy) is 2. The minimum Gasteiger partial charge on any atom is -0.490 e. The molecule has 4 amide bonds. The van der Waals surface area contributed by atoms with Crippen LogP contribution in [0.2, 0.25) is 0 Å². The Balaban J connectivity index is 1.01. The fourth-order valence-corrected chi connectivity index (χ4v) is 6.58. The predicted molar refractivity (Wildman–Crippen MR) is 201 cm³/mol. The molecule has 1 fully saturated rings. The lowest BCUT2D eigenvalue weighted by Gasteiger charge is -2.26. The lowest BCUT2D eigenvalue weighted by atomic mass is 10.1. The summed E-state index contributed by atoms with van der Waals surface area (Å²) in [6.07, 6.45) is 7.69. The van der Waals surface area contributed by atoms with Crippen molar-refractivity contribution in [1.82, 2.24) is 20.9 Å². The molecule has 12 nitrogen and oxygen atoms in total. The van der Waals surface area contributed by atoms with Crippen LogP contribution in [0.25, 0.3) is 11.3 Å². The van der Waals surface area contributed by atoms with Crippen molar-refractivity contribution < 1.29 is 37.4 Å². The quantitative estimate of drug-likeness (QED) is 0.0850. The van der Waals surface area contributed by atoms with Gasteiger partial charge in [0.2, 0.25) is 24.0 Å². The zero-order valence-corrected chi connectivity index (χ0v) is 31.1. The van der Waals surface area contributed by atoms with Crippen molar-refractivity contribution in [2.45, 2.75) is 64.2 Å². The molecule has 1 aliphatic heterocycles. The van der Waals surface area contributed by atoms with Gasteiger partial charge < -0.3 is 29.9 Å². The van der Waals surface area contributed by atoms with E-state index in [0.717, 1.165) is 74.9 Å². The second-order valence-electron chi connectivity index (χ2n) is 12.8. The summed E-state index contributed by atoms with van der Waals surface area (Å²) in [5.74, 6) is -2.58. The Hall–Kier alpha value is -4.63. The van der Waals surface area contributed by atoms with Crippen LogP contribution in [0.1, 0.15) is 74.6 Å². The molecule has 3 N–H and O–H groups in total. The number of benzene rings is 2. The van der Waals surface area contributed by atoms with E-state index in [1.807, 2.05) is 17.3 Å². The largest absolute Gasteiger partial charge is 0.490 e. The highest BCUT2D eigenvalue weighted by Gasteiger charge is 2.21. The minimum atomic E-state index is -1.00. The average molecular weight is 757 g/mol. The van der Waals surface area contributed by atoms with E-state index < -0.39 is 11.6 Å². The molecule has 0 radical (unpaired) electrons. The van der Waals surface area contributed by atoms with Gasteiger partial charge in [-0.25, -0.2) is 9.37 Å². The minimum absolute atomic E-state index is 0.0157. The smallest absolute Gasteiger partial charge is 0.251 e. The summed E-state index contributed by atoms with van der Waals surface area (Å²) in [7, 11) is 1.83. The summed E-state index contributed by atoms with van der Waals surface area (Å²) in [6, 6.07) is 9.67. The molecule has 2 aromatic carbocycles. The third kappa shape index (κ3) is 13.7. The number of amides is 4. The van der Waals surface area contributed by atoms with E-state index in [1.165, 1.54) is 17.4 Å². The topological polar surface area (TPSA) is 142 Å². The van der Waals surface area contributed by atoms with Gasteiger partial charge in [0.1, 0.15) is 0 Å². The summed E-state index contributed by atoms with van der Waals surface area (Å²) >= 11 is 1.46. The number of rotatable bonds is 23. The zero-order valence-electron chi connectivity index (χ0n) is 30.3. The van der Waals surface area contributed by atoms with E-state index >= 15 is 0 Å². The Morgan fingerprint density at radius 3 is 2.34 bits per heavy atom. The van der Waals surface area contributed by atoms with Gasteiger partial charge in [0.25, 0.3) is 5.91 Å². The number of thiazole rings is 1. The second kappa shape index (κ2) is 22.4. The van der Waals surface area contributed by atoms with Crippen LogP contribution in [0, 0.1) is 11.6 Å². The van der Waals surface area contributed by atoms with E-state index in [0.29, 0.717) is 68.9 Å². The molecule has 0 atom stereocenters. The average Bonchev–Trinajstić information content (AvgIpc) is 3.67. The third-order valence-corrected chi connectivity index (χ3v) is 9.72. The number of imide groups is 1.